The van der Waals surface area contributed by atoms with Crippen molar-refractivity contribution in [3.05, 3.63) is 29.6 Å². The molecule has 2 nitrogen and oxygen atoms in total. The predicted molar refractivity (Wildman–Crippen MR) is 49.3 cm³/mol. The second-order valence-corrected chi connectivity index (χ2v) is 3.33. The maximum atomic E-state index is 4.38. The highest BCUT2D eigenvalue weighted by Gasteiger charge is 2.36. The second-order valence-electron chi connectivity index (χ2n) is 3.33. The Hall–Kier alpha value is -0.600. The number of hydrogen-bond acceptors (Lipinski definition) is 2. The van der Waals surface area contributed by atoms with Crippen molar-refractivity contribution >= 4 is 12.4 Å². The Kier molecular flexibility index (Phi) is 1.81. The van der Waals surface area contributed by atoms with Gasteiger partial charge >= 0.3 is 0 Å². The van der Waals surface area contributed by atoms with Crippen LogP contribution in [0.25, 0.3) is 0 Å². The van der Waals surface area contributed by atoms with Gasteiger partial charge in [-0.25, -0.2) is 0 Å². The lowest BCUT2D eigenvalue weighted by atomic mass is 9.96. The van der Waals surface area contributed by atoms with Gasteiger partial charge in [-0.1, -0.05) is 6.07 Å². The minimum absolute atomic E-state index is 0. The SMILES string of the molecule is Cl.c1cnc2c(c1)C1CCC2N1. The largest absolute Gasteiger partial charge is 0.302 e. The molecule has 0 aromatic carbocycles. The molecule has 1 fully saturated rings. The van der Waals surface area contributed by atoms with Gasteiger partial charge in [0.1, 0.15) is 0 Å². The van der Waals surface area contributed by atoms with Crippen LogP contribution in [0.3, 0.4) is 0 Å². The summed E-state index contributed by atoms with van der Waals surface area (Å²) in [4.78, 5) is 4.38. The van der Waals surface area contributed by atoms with E-state index in [0.29, 0.717) is 12.1 Å². The van der Waals surface area contributed by atoms with Crippen LogP contribution < -0.4 is 5.32 Å². The number of halogens is 1. The summed E-state index contributed by atoms with van der Waals surface area (Å²) in [6.45, 7) is 0. The molecule has 0 saturated carbocycles. The van der Waals surface area contributed by atoms with Gasteiger partial charge in [0.25, 0.3) is 0 Å². The van der Waals surface area contributed by atoms with Crippen molar-refractivity contribution in [2.45, 2.75) is 24.9 Å². The fourth-order valence-electron chi connectivity index (χ4n) is 2.22. The van der Waals surface area contributed by atoms with E-state index in [9.17, 15) is 0 Å². The molecule has 2 unspecified atom stereocenters. The predicted octanol–water partition coefficient (Wildman–Crippen LogP) is 1.98. The van der Waals surface area contributed by atoms with Gasteiger partial charge in [-0.05, 0) is 24.5 Å². The summed E-state index contributed by atoms with van der Waals surface area (Å²) in [6.07, 6.45) is 4.46. The average Bonchev–Trinajstić information content (AvgIpc) is 2.64. The first-order valence-electron chi connectivity index (χ1n) is 4.16. The Bertz CT molecular complexity index is 271. The lowest BCUT2D eigenvalue weighted by Gasteiger charge is -2.09. The van der Waals surface area contributed by atoms with Crippen LogP contribution in [0.4, 0.5) is 0 Å². The average molecular weight is 183 g/mol. The lowest BCUT2D eigenvalue weighted by Crippen LogP contribution is -2.06. The number of hydrogen-bond donors (Lipinski definition) is 1. The number of rotatable bonds is 0. The summed E-state index contributed by atoms with van der Waals surface area (Å²) in [7, 11) is 0. The molecule has 3 heteroatoms. The molecule has 1 aromatic heterocycles. The van der Waals surface area contributed by atoms with Gasteiger partial charge in [-0.15, -0.1) is 12.4 Å². The number of aromatic nitrogens is 1. The topological polar surface area (TPSA) is 24.9 Å². The van der Waals surface area contributed by atoms with E-state index in [1.54, 1.807) is 0 Å². The van der Waals surface area contributed by atoms with E-state index in [-0.39, 0.29) is 12.4 Å². The molecule has 0 amide bonds. The van der Waals surface area contributed by atoms with Gasteiger partial charge in [0.15, 0.2) is 0 Å². The minimum atomic E-state index is 0. The Labute approximate surface area is 77.8 Å². The molecule has 2 aliphatic heterocycles. The molecular formula is C9H11ClN2. The van der Waals surface area contributed by atoms with Crippen molar-refractivity contribution in [2.24, 2.45) is 0 Å². The van der Waals surface area contributed by atoms with E-state index < -0.39 is 0 Å². The molecule has 0 aliphatic carbocycles. The second kappa shape index (κ2) is 2.71. The maximum Gasteiger partial charge on any atom is 0.0621 e. The van der Waals surface area contributed by atoms with Crippen molar-refractivity contribution in [2.75, 3.05) is 0 Å². The van der Waals surface area contributed by atoms with E-state index in [2.05, 4.69) is 16.4 Å². The molecular weight excluding hydrogens is 172 g/mol. The zero-order valence-electron chi connectivity index (χ0n) is 6.66. The van der Waals surface area contributed by atoms with Crippen LogP contribution in [-0.2, 0) is 0 Å². The summed E-state index contributed by atoms with van der Waals surface area (Å²) in [5.41, 5.74) is 2.73. The van der Waals surface area contributed by atoms with Crippen LogP contribution >= 0.6 is 12.4 Å². The van der Waals surface area contributed by atoms with Crippen LogP contribution in [0.15, 0.2) is 18.3 Å². The van der Waals surface area contributed by atoms with Crippen LogP contribution in [0.5, 0.6) is 0 Å². The minimum Gasteiger partial charge on any atom is -0.302 e. The highest BCUT2D eigenvalue weighted by atomic mass is 35.5. The van der Waals surface area contributed by atoms with Gasteiger partial charge < -0.3 is 5.32 Å². The van der Waals surface area contributed by atoms with Crippen molar-refractivity contribution in [3.63, 3.8) is 0 Å². The Balaban J connectivity index is 0.000000563. The molecule has 12 heavy (non-hydrogen) atoms. The Morgan fingerprint density at radius 1 is 1.33 bits per heavy atom. The maximum absolute atomic E-state index is 4.38. The summed E-state index contributed by atoms with van der Waals surface area (Å²) >= 11 is 0. The van der Waals surface area contributed by atoms with Crippen molar-refractivity contribution in [1.82, 2.24) is 10.3 Å². The molecule has 1 N–H and O–H groups in total. The van der Waals surface area contributed by atoms with Crippen molar-refractivity contribution < 1.29 is 0 Å². The third-order valence-corrected chi connectivity index (χ3v) is 2.72. The van der Waals surface area contributed by atoms with Crippen LogP contribution in [0.2, 0.25) is 0 Å². The van der Waals surface area contributed by atoms with Gasteiger partial charge in [0, 0.05) is 12.2 Å². The highest BCUT2D eigenvalue weighted by molar-refractivity contribution is 5.85. The molecule has 3 heterocycles. The molecule has 1 aromatic rings. The van der Waals surface area contributed by atoms with E-state index in [1.807, 2.05) is 12.3 Å². The first-order valence-corrected chi connectivity index (χ1v) is 4.16. The van der Waals surface area contributed by atoms with Gasteiger partial charge in [0.05, 0.1) is 11.7 Å². The van der Waals surface area contributed by atoms with Crippen LogP contribution in [0, 0.1) is 0 Å². The first kappa shape index (κ1) is 8.02. The highest BCUT2D eigenvalue weighted by Crippen LogP contribution is 2.43. The quantitative estimate of drug-likeness (QED) is 0.664. The van der Waals surface area contributed by atoms with Crippen molar-refractivity contribution in [1.29, 1.82) is 0 Å². The zero-order valence-corrected chi connectivity index (χ0v) is 7.47. The van der Waals surface area contributed by atoms with E-state index in [1.165, 1.54) is 24.1 Å². The van der Waals surface area contributed by atoms with Crippen LogP contribution in [-0.4, -0.2) is 4.98 Å². The van der Waals surface area contributed by atoms with E-state index in [0.717, 1.165) is 0 Å². The summed E-state index contributed by atoms with van der Waals surface area (Å²) in [6, 6.07) is 5.40. The molecule has 2 aliphatic rings. The van der Waals surface area contributed by atoms with E-state index >= 15 is 0 Å². The third-order valence-electron chi connectivity index (χ3n) is 2.72. The monoisotopic (exact) mass is 182 g/mol. The summed E-state index contributed by atoms with van der Waals surface area (Å²) in [5, 5.41) is 3.53. The number of fused-ring (bicyclic) bond motifs is 5. The molecule has 2 atom stereocenters. The fraction of sp³-hybridized carbons (Fsp3) is 0.444. The molecule has 2 bridgehead atoms. The van der Waals surface area contributed by atoms with Gasteiger partial charge in [-0.2, -0.15) is 0 Å². The molecule has 64 valence electrons. The number of nitrogens with zero attached hydrogens (tertiary/aromatic N) is 1. The van der Waals surface area contributed by atoms with Crippen LogP contribution in [0.1, 0.15) is 36.2 Å². The Morgan fingerprint density at radius 3 is 3.00 bits per heavy atom. The zero-order chi connectivity index (χ0) is 7.26. The molecule has 0 radical (unpaired) electrons. The van der Waals surface area contributed by atoms with E-state index in [4.69, 9.17) is 0 Å². The smallest absolute Gasteiger partial charge is 0.0621 e. The number of pyridine rings is 1. The Morgan fingerprint density at radius 2 is 2.17 bits per heavy atom. The van der Waals surface area contributed by atoms with Gasteiger partial charge in [-0.3, -0.25) is 4.98 Å². The van der Waals surface area contributed by atoms with Crippen molar-refractivity contribution in [3.8, 4) is 0 Å². The standard InChI is InChI=1S/C9H10N2.ClH/c1-2-6-7-3-4-8(11-7)9(6)10-5-1;/h1-2,5,7-8,11H,3-4H2;1H. The summed E-state index contributed by atoms with van der Waals surface area (Å²) in [5.74, 6) is 0. The third kappa shape index (κ3) is 0.883. The number of nitrogens with one attached hydrogen (secondary N) is 1. The lowest BCUT2D eigenvalue weighted by molar-refractivity contribution is 0.632. The molecule has 0 spiro atoms. The first-order chi connectivity index (χ1) is 5.45. The normalized spacial score (nSPS) is 29.7. The fourth-order valence-corrected chi connectivity index (χ4v) is 2.22. The molecule has 1 saturated heterocycles. The summed E-state index contributed by atoms with van der Waals surface area (Å²) < 4.78 is 0. The van der Waals surface area contributed by atoms with Gasteiger partial charge in [0.2, 0.25) is 0 Å². The molecule has 3 rings (SSSR count).